The van der Waals surface area contributed by atoms with E-state index in [0.29, 0.717) is 30.6 Å². The van der Waals surface area contributed by atoms with Gasteiger partial charge in [0.15, 0.2) is 0 Å². The molecule has 2 atom stereocenters. The zero-order valence-corrected chi connectivity index (χ0v) is 10.8. The van der Waals surface area contributed by atoms with Crippen molar-refractivity contribution in [3.8, 4) is 0 Å². The first-order valence-corrected chi connectivity index (χ1v) is 6.79. The molecule has 2 aliphatic rings. The SMILES string of the molecule is CC1CC(O)(Cc2ccccc2F)CN1C1CC1. The van der Waals surface area contributed by atoms with Gasteiger partial charge in [0.05, 0.1) is 5.60 Å². The molecule has 1 aromatic carbocycles. The van der Waals surface area contributed by atoms with Gasteiger partial charge in [-0.05, 0) is 37.8 Å². The third kappa shape index (κ3) is 2.29. The Morgan fingerprint density at radius 3 is 2.78 bits per heavy atom. The van der Waals surface area contributed by atoms with Crippen LogP contribution in [0.15, 0.2) is 24.3 Å². The normalized spacial score (nSPS) is 32.9. The predicted octanol–water partition coefficient (Wildman–Crippen LogP) is 2.36. The fraction of sp³-hybridized carbons (Fsp3) is 0.600. The van der Waals surface area contributed by atoms with Crippen molar-refractivity contribution in [1.29, 1.82) is 0 Å². The summed E-state index contributed by atoms with van der Waals surface area (Å²) in [6, 6.07) is 7.84. The number of rotatable bonds is 3. The lowest BCUT2D eigenvalue weighted by Crippen LogP contribution is -2.36. The average Bonchev–Trinajstić information content (AvgIpc) is 3.09. The van der Waals surface area contributed by atoms with E-state index in [1.165, 1.54) is 18.9 Å². The highest BCUT2D eigenvalue weighted by Gasteiger charge is 2.46. The molecule has 2 fully saturated rings. The maximum atomic E-state index is 13.7. The smallest absolute Gasteiger partial charge is 0.126 e. The minimum Gasteiger partial charge on any atom is -0.388 e. The van der Waals surface area contributed by atoms with E-state index in [9.17, 15) is 9.50 Å². The van der Waals surface area contributed by atoms with Crippen LogP contribution in [0.4, 0.5) is 4.39 Å². The van der Waals surface area contributed by atoms with Gasteiger partial charge in [0, 0.05) is 25.0 Å². The fourth-order valence-electron chi connectivity index (χ4n) is 3.25. The largest absolute Gasteiger partial charge is 0.388 e. The quantitative estimate of drug-likeness (QED) is 0.889. The number of β-amino-alcohol motifs (C(OH)–C–C–N with tert-alkyl or cyclic N) is 1. The zero-order chi connectivity index (χ0) is 12.8. The molecule has 3 heteroatoms. The number of hydrogen-bond acceptors (Lipinski definition) is 2. The molecule has 1 aromatic rings. The Morgan fingerprint density at radius 2 is 2.11 bits per heavy atom. The first-order chi connectivity index (χ1) is 8.57. The van der Waals surface area contributed by atoms with Crippen molar-refractivity contribution in [2.24, 2.45) is 0 Å². The van der Waals surface area contributed by atoms with E-state index in [2.05, 4.69) is 11.8 Å². The highest BCUT2D eigenvalue weighted by Crippen LogP contribution is 2.38. The Morgan fingerprint density at radius 1 is 1.39 bits per heavy atom. The summed E-state index contributed by atoms with van der Waals surface area (Å²) in [5.74, 6) is -0.205. The number of likely N-dealkylation sites (tertiary alicyclic amines) is 1. The Balaban J connectivity index is 1.74. The molecule has 1 N–H and O–H groups in total. The van der Waals surface area contributed by atoms with Crippen LogP contribution in [0.1, 0.15) is 31.7 Å². The monoisotopic (exact) mass is 249 g/mol. The van der Waals surface area contributed by atoms with Gasteiger partial charge in [-0.3, -0.25) is 4.90 Å². The van der Waals surface area contributed by atoms with Gasteiger partial charge in [0.2, 0.25) is 0 Å². The van der Waals surface area contributed by atoms with Crippen molar-refractivity contribution in [1.82, 2.24) is 4.90 Å². The molecule has 2 unspecified atom stereocenters. The highest BCUT2D eigenvalue weighted by atomic mass is 19.1. The maximum absolute atomic E-state index is 13.7. The molecule has 1 aliphatic carbocycles. The van der Waals surface area contributed by atoms with Crippen molar-refractivity contribution in [3.05, 3.63) is 35.6 Å². The second kappa shape index (κ2) is 4.32. The van der Waals surface area contributed by atoms with E-state index in [4.69, 9.17) is 0 Å². The van der Waals surface area contributed by atoms with Crippen molar-refractivity contribution in [3.63, 3.8) is 0 Å². The standard InChI is InChI=1S/C15H20FNO/c1-11-8-15(18,10-17(11)13-6-7-13)9-12-4-2-3-5-14(12)16/h2-5,11,13,18H,6-10H2,1H3. The van der Waals surface area contributed by atoms with Gasteiger partial charge in [-0.2, -0.15) is 0 Å². The molecule has 1 saturated carbocycles. The topological polar surface area (TPSA) is 23.5 Å². The molecule has 0 amide bonds. The molecule has 2 nitrogen and oxygen atoms in total. The van der Waals surface area contributed by atoms with Gasteiger partial charge >= 0.3 is 0 Å². The van der Waals surface area contributed by atoms with Crippen molar-refractivity contribution >= 4 is 0 Å². The lowest BCUT2D eigenvalue weighted by molar-refractivity contribution is 0.0478. The van der Waals surface area contributed by atoms with Crippen LogP contribution in [-0.4, -0.2) is 34.2 Å². The van der Waals surface area contributed by atoms with Crippen LogP contribution in [0.3, 0.4) is 0 Å². The number of halogens is 1. The third-order valence-corrected chi connectivity index (χ3v) is 4.21. The van der Waals surface area contributed by atoms with E-state index < -0.39 is 5.60 Å². The van der Waals surface area contributed by atoms with Crippen molar-refractivity contribution in [2.75, 3.05) is 6.54 Å². The summed E-state index contributed by atoms with van der Waals surface area (Å²) in [7, 11) is 0. The summed E-state index contributed by atoms with van der Waals surface area (Å²) in [6.45, 7) is 2.85. The number of benzene rings is 1. The minimum absolute atomic E-state index is 0.205. The molecular formula is C15H20FNO. The van der Waals surface area contributed by atoms with Crippen LogP contribution in [0, 0.1) is 5.82 Å². The summed E-state index contributed by atoms with van der Waals surface area (Å²) < 4.78 is 13.7. The Hall–Kier alpha value is -0.930. The summed E-state index contributed by atoms with van der Waals surface area (Å²) >= 11 is 0. The molecule has 0 radical (unpaired) electrons. The van der Waals surface area contributed by atoms with Gasteiger partial charge in [0.1, 0.15) is 5.82 Å². The van der Waals surface area contributed by atoms with Crippen LogP contribution in [0.5, 0.6) is 0 Å². The molecule has 0 aromatic heterocycles. The Kier molecular flexibility index (Phi) is 2.91. The first kappa shape index (κ1) is 12.1. The van der Waals surface area contributed by atoms with E-state index in [1.54, 1.807) is 12.1 Å². The first-order valence-electron chi connectivity index (χ1n) is 6.79. The average molecular weight is 249 g/mol. The van der Waals surface area contributed by atoms with Crippen LogP contribution < -0.4 is 0 Å². The van der Waals surface area contributed by atoms with E-state index in [0.717, 1.165) is 6.42 Å². The summed E-state index contributed by atoms with van der Waals surface area (Å²) in [4.78, 5) is 2.39. The van der Waals surface area contributed by atoms with Crippen LogP contribution in [-0.2, 0) is 6.42 Å². The van der Waals surface area contributed by atoms with Crippen molar-refractivity contribution in [2.45, 2.75) is 50.3 Å². The summed E-state index contributed by atoms with van der Waals surface area (Å²) in [5, 5.41) is 10.7. The van der Waals surface area contributed by atoms with Crippen LogP contribution >= 0.6 is 0 Å². The third-order valence-electron chi connectivity index (χ3n) is 4.21. The molecule has 0 spiro atoms. The summed E-state index contributed by atoms with van der Waals surface area (Å²) in [6.07, 6.45) is 3.67. The van der Waals surface area contributed by atoms with Gasteiger partial charge in [-0.25, -0.2) is 4.39 Å². The second-order valence-corrected chi connectivity index (χ2v) is 5.95. The maximum Gasteiger partial charge on any atom is 0.126 e. The lowest BCUT2D eigenvalue weighted by atomic mass is 9.92. The molecular weight excluding hydrogens is 229 g/mol. The summed E-state index contributed by atoms with van der Waals surface area (Å²) in [5.41, 5.74) is -0.130. The predicted molar refractivity (Wildman–Crippen MR) is 68.9 cm³/mol. The van der Waals surface area contributed by atoms with Gasteiger partial charge < -0.3 is 5.11 Å². The van der Waals surface area contributed by atoms with Gasteiger partial charge in [-0.15, -0.1) is 0 Å². The molecule has 1 saturated heterocycles. The van der Waals surface area contributed by atoms with E-state index in [-0.39, 0.29) is 5.82 Å². The Labute approximate surface area is 107 Å². The lowest BCUT2D eigenvalue weighted by Gasteiger charge is -2.24. The molecule has 3 rings (SSSR count). The van der Waals surface area contributed by atoms with E-state index >= 15 is 0 Å². The highest BCUT2D eigenvalue weighted by molar-refractivity contribution is 5.20. The Bertz CT molecular complexity index is 446. The minimum atomic E-state index is -0.760. The molecule has 0 bridgehead atoms. The van der Waals surface area contributed by atoms with Gasteiger partial charge in [0.25, 0.3) is 0 Å². The van der Waals surface area contributed by atoms with Gasteiger partial charge in [-0.1, -0.05) is 18.2 Å². The number of hydrogen-bond donors (Lipinski definition) is 1. The zero-order valence-electron chi connectivity index (χ0n) is 10.8. The van der Waals surface area contributed by atoms with Crippen LogP contribution in [0.2, 0.25) is 0 Å². The number of aliphatic hydroxyl groups is 1. The fourth-order valence-corrected chi connectivity index (χ4v) is 3.25. The van der Waals surface area contributed by atoms with Crippen molar-refractivity contribution < 1.29 is 9.50 Å². The van der Waals surface area contributed by atoms with Crippen LogP contribution in [0.25, 0.3) is 0 Å². The second-order valence-electron chi connectivity index (χ2n) is 5.95. The molecule has 1 aliphatic heterocycles. The molecule has 18 heavy (non-hydrogen) atoms. The molecule has 98 valence electrons. The number of nitrogens with zero attached hydrogens (tertiary/aromatic N) is 1. The molecule has 1 heterocycles. The van der Waals surface area contributed by atoms with E-state index in [1.807, 2.05) is 6.07 Å².